The first-order chi connectivity index (χ1) is 3.71. The van der Waals surface area contributed by atoms with Crippen molar-refractivity contribution in [1.29, 1.82) is 0 Å². The molecule has 0 unspecified atom stereocenters. The first-order valence-corrected chi connectivity index (χ1v) is 5.35. The zero-order valence-electron chi connectivity index (χ0n) is 5.74. The van der Waals surface area contributed by atoms with E-state index in [2.05, 4.69) is 0 Å². The molecule has 0 aromatic heterocycles. The second-order valence-corrected chi connectivity index (χ2v) is 9.30. The molecule has 1 heterocycles. The van der Waals surface area contributed by atoms with Gasteiger partial charge in [-0.3, -0.25) is 0 Å². The summed E-state index contributed by atoms with van der Waals surface area (Å²) in [5.74, 6) is 0. The van der Waals surface area contributed by atoms with Crippen LogP contribution in [0.25, 0.3) is 0 Å². The summed E-state index contributed by atoms with van der Waals surface area (Å²) < 4.78 is 5.59. The van der Waals surface area contributed by atoms with E-state index in [9.17, 15) is 0 Å². The molecule has 8 heavy (non-hydrogen) atoms. The number of rotatable bonds is 0. The van der Waals surface area contributed by atoms with Crippen LogP contribution in [0, 0.1) is 0 Å². The molecule has 48 valence electrons. The zero-order valence-corrected chi connectivity index (χ0v) is 9.74. The lowest BCUT2D eigenvalue weighted by Gasteiger charge is -2.29. The predicted molar refractivity (Wildman–Crippen MR) is 42.4 cm³/mol. The Kier molecular flexibility index (Phi) is 1.90. The molecule has 0 aliphatic carbocycles. The molecule has 1 saturated heterocycles. The van der Waals surface area contributed by atoms with Gasteiger partial charge < -0.3 is 4.74 Å². The van der Waals surface area contributed by atoms with Gasteiger partial charge in [0.25, 0.3) is 0 Å². The maximum absolute atomic E-state index is 5.59. The molecular weight excluding hydrogens is 132 g/mol. The molecule has 0 amide bonds. The Balaban J connectivity index is 2.33. The van der Waals surface area contributed by atoms with E-state index in [1.165, 1.54) is 39.7 Å². The van der Waals surface area contributed by atoms with E-state index >= 15 is 0 Å². The minimum Gasteiger partial charge on any atom is -0.384 e. The molecule has 0 bridgehead atoms. The Bertz CT molecular complexity index is 74.5. The van der Waals surface area contributed by atoms with Gasteiger partial charge in [0.1, 0.15) is 0 Å². The highest BCUT2D eigenvalue weighted by Crippen LogP contribution is 2.17. The molecular formula is C5H14OSi2. The third-order valence-electron chi connectivity index (χ3n) is 1.67. The molecule has 0 aromatic carbocycles. The highest BCUT2D eigenvalue weighted by molar-refractivity contribution is 6.39. The van der Waals surface area contributed by atoms with E-state index in [1.807, 2.05) is 0 Å². The van der Waals surface area contributed by atoms with Crippen LogP contribution in [0.2, 0.25) is 0 Å². The number of hydrogen-bond donors (Lipinski definition) is 0. The monoisotopic (exact) mass is 146 g/mol. The van der Waals surface area contributed by atoms with E-state index in [0.29, 0.717) is 4.85 Å². The molecule has 3 heteroatoms. The lowest BCUT2D eigenvalue weighted by molar-refractivity contribution is 0.0383. The van der Waals surface area contributed by atoms with E-state index < -0.39 is 0 Å². The Labute approximate surface area is 56.6 Å². The molecule has 1 rings (SSSR count). The fraction of sp³-hybridized carbons (Fsp3) is 1.00. The Morgan fingerprint density at radius 2 is 2.00 bits per heavy atom. The molecule has 0 aromatic rings. The molecule has 1 nitrogen and oxygen atoms in total. The van der Waals surface area contributed by atoms with Gasteiger partial charge in [-0.2, -0.15) is 0 Å². The Morgan fingerprint density at radius 3 is 2.25 bits per heavy atom. The molecule has 0 atom stereocenters. The average Bonchev–Trinajstić information content (AvgIpc) is 1.65. The summed E-state index contributed by atoms with van der Waals surface area (Å²) >= 11 is 0. The third kappa shape index (κ3) is 1.72. The van der Waals surface area contributed by atoms with Crippen molar-refractivity contribution in [2.24, 2.45) is 0 Å². The van der Waals surface area contributed by atoms with Crippen molar-refractivity contribution in [2.75, 3.05) is 6.61 Å². The van der Waals surface area contributed by atoms with Crippen LogP contribution in [0.5, 0.6) is 0 Å². The van der Waals surface area contributed by atoms with Gasteiger partial charge in [-0.15, -0.1) is 0 Å². The third-order valence-corrected chi connectivity index (χ3v) is 3.24. The molecule has 0 N–H and O–H groups in total. The van der Waals surface area contributed by atoms with Gasteiger partial charge in [-0.25, -0.2) is 0 Å². The predicted octanol–water partition coefficient (Wildman–Crippen LogP) is -1.43. The van der Waals surface area contributed by atoms with Crippen LogP contribution in [0.1, 0.15) is 19.3 Å². The van der Waals surface area contributed by atoms with Crippen LogP contribution in [0.3, 0.4) is 0 Å². The van der Waals surface area contributed by atoms with Crippen LogP contribution in [0.4, 0.5) is 0 Å². The van der Waals surface area contributed by atoms with Crippen molar-refractivity contribution >= 4 is 20.5 Å². The van der Waals surface area contributed by atoms with Crippen molar-refractivity contribution in [1.82, 2.24) is 0 Å². The molecule has 0 radical (unpaired) electrons. The first-order valence-electron chi connectivity index (χ1n) is 3.35. The Hall–Kier alpha value is 0.394. The number of ether oxygens (including phenoxy) is 1. The maximum atomic E-state index is 5.59. The van der Waals surface area contributed by atoms with Crippen LogP contribution >= 0.6 is 0 Å². The van der Waals surface area contributed by atoms with E-state index in [-0.39, 0.29) is 0 Å². The molecule has 1 aliphatic rings. The minimum absolute atomic E-state index is 0.457. The normalized spacial score (nSPS) is 40.5. The van der Waals surface area contributed by atoms with Crippen LogP contribution in [0.15, 0.2) is 0 Å². The summed E-state index contributed by atoms with van der Waals surface area (Å²) in [6.07, 6.45) is 4.06. The van der Waals surface area contributed by atoms with Gasteiger partial charge in [-0.05, 0) is 19.3 Å². The number of hydrogen-bond acceptors (Lipinski definition) is 1. The van der Waals surface area contributed by atoms with Gasteiger partial charge in [0.15, 0.2) is 0 Å². The largest absolute Gasteiger partial charge is 0.384 e. The molecule has 0 saturated carbocycles. The van der Waals surface area contributed by atoms with Gasteiger partial charge >= 0.3 is 0 Å². The van der Waals surface area contributed by atoms with E-state index in [0.717, 1.165) is 6.61 Å². The van der Waals surface area contributed by atoms with Gasteiger partial charge in [0, 0.05) is 31.9 Å². The van der Waals surface area contributed by atoms with Crippen molar-refractivity contribution in [2.45, 2.75) is 24.1 Å². The van der Waals surface area contributed by atoms with Crippen molar-refractivity contribution in [3.8, 4) is 0 Å². The summed E-state index contributed by atoms with van der Waals surface area (Å²) in [6.45, 7) is 1.03. The summed E-state index contributed by atoms with van der Waals surface area (Å²) in [5.41, 5.74) is 0. The molecule has 1 fully saturated rings. The maximum Gasteiger partial charge on any atom is 0.0464 e. The highest BCUT2D eigenvalue weighted by Gasteiger charge is 2.20. The zero-order chi connectivity index (χ0) is 6.04. The second-order valence-electron chi connectivity index (χ2n) is 3.07. The van der Waals surface area contributed by atoms with Crippen LogP contribution in [-0.4, -0.2) is 31.9 Å². The standard InChI is InChI=1S/C5H14OSi2/c7-5(8)3-1-2-4-6-5/h1-4H2,7-8H3. The summed E-state index contributed by atoms with van der Waals surface area (Å²) in [4.78, 5) is 0.457. The first kappa shape index (κ1) is 6.51. The van der Waals surface area contributed by atoms with Crippen LogP contribution in [-0.2, 0) is 4.74 Å². The van der Waals surface area contributed by atoms with Gasteiger partial charge in [0.05, 0.1) is 0 Å². The summed E-state index contributed by atoms with van der Waals surface area (Å²) in [7, 11) is 2.50. The fourth-order valence-electron chi connectivity index (χ4n) is 1.07. The van der Waals surface area contributed by atoms with Crippen molar-refractivity contribution in [3.63, 3.8) is 0 Å². The molecule has 1 aliphatic heterocycles. The van der Waals surface area contributed by atoms with E-state index in [4.69, 9.17) is 4.74 Å². The quantitative estimate of drug-likeness (QED) is 0.381. The summed E-state index contributed by atoms with van der Waals surface area (Å²) in [5, 5.41) is 0. The molecule has 0 spiro atoms. The van der Waals surface area contributed by atoms with Gasteiger partial charge in [0.2, 0.25) is 0 Å². The lowest BCUT2D eigenvalue weighted by atomic mass is 10.2. The van der Waals surface area contributed by atoms with Crippen molar-refractivity contribution in [3.05, 3.63) is 0 Å². The fourth-order valence-corrected chi connectivity index (χ4v) is 2.19. The second kappa shape index (κ2) is 2.33. The van der Waals surface area contributed by atoms with E-state index in [1.54, 1.807) is 0 Å². The smallest absolute Gasteiger partial charge is 0.0464 e. The Morgan fingerprint density at radius 1 is 1.25 bits per heavy atom. The lowest BCUT2D eigenvalue weighted by Crippen LogP contribution is -2.36. The van der Waals surface area contributed by atoms with Gasteiger partial charge in [-0.1, -0.05) is 0 Å². The van der Waals surface area contributed by atoms with Crippen LogP contribution < -0.4 is 0 Å². The highest BCUT2D eigenvalue weighted by atomic mass is 28.2. The van der Waals surface area contributed by atoms with Crippen molar-refractivity contribution < 1.29 is 4.74 Å². The average molecular weight is 146 g/mol. The SMILES string of the molecule is [SiH3]C1([SiH3])CCCCO1. The minimum atomic E-state index is 0.457. The summed E-state index contributed by atoms with van der Waals surface area (Å²) in [6, 6.07) is 0. The topological polar surface area (TPSA) is 9.23 Å².